The van der Waals surface area contributed by atoms with Crippen molar-refractivity contribution in [2.24, 2.45) is 16.6 Å². The maximum absolute atomic E-state index is 5.93. The molecule has 3 N–H and O–H groups in total. The highest BCUT2D eigenvalue weighted by molar-refractivity contribution is 5.78. The molecule has 1 aliphatic rings. The number of guanidine groups is 1. The zero-order valence-electron chi connectivity index (χ0n) is 13.5. The first kappa shape index (κ1) is 17.0. The lowest BCUT2D eigenvalue weighted by molar-refractivity contribution is 0.172. The number of rotatable bonds is 8. The molecule has 116 valence electrons. The fourth-order valence-electron chi connectivity index (χ4n) is 2.96. The predicted octanol–water partition coefficient (Wildman–Crippen LogP) is 2.37. The second kappa shape index (κ2) is 9.01. The van der Waals surface area contributed by atoms with Gasteiger partial charge in [-0.1, -0.05) is 38.8 Å². The van der Waals surface area contributed by atoms with Crippen LogP contribution in [0.4, 0.5) is 0 Å². The van der Waals surface area contributed by atoms with Crippen molar-refractivity contribution in [3.63, 3.8) is 0 Å². The Hall–Kier alpha value is -1.03. The molecule has 0 aromatic heterocycles. The smallest absolute Gasteiger partial charge is 0.188 e. The van der Waals surface area contributed by atoms with E-state index in [1.165, 1.54) is 38.8 Å². The van der Waals surface area contributed by atoms with Crippen LogP contribution in [0.15, 0.2) is 17.1 Å². The van der Waals surface area contributed by atoms with E-state index in [2.05, 4.69) is 35.6 Å². The van der Waals surface area contributed by atoms with Gasteiger partial charge in [-0.15, -0.1) is 0 Å². The van der Waals surface area contributed by atoms with Gasteiger partial charge in [-0.05, 0) is 38.8 Å². The van der Waals surface area contributed by atoms with E-state index in [9.17, 15) is 0 Å². The molecule has 1 fully saturated rings. The molecule has 0 aromatic rings. The van der Waals surface area contributed by atoms with E-state index in [1.54, 1.807) is 0 Å². The lowest BCUT2D eigenvalue weighted by Crippen LogP contribution is -2.42. The number of aliphatic imine (C=N–C) groups is 1. The summed E-state index contributed by atoms with van der Waals surface area (Å²) in [6, 6.07) is 0.540. The molecular formula is C16H32N4. The number of nitrogens with two attached hydrogens (primary N) is 1. The number of nitrogens with one attached hydrogen (secondary N) is 1. The first-order chi connectivity index (χ1) is 9.58. The predicted molar refractivity (Wildman–Crippen MR) is 88.0 cm³/mol. The summed E-state index contributed by atoms with van der Waals surface area (Å²) >= 11 is 0. The van der Waals surface area contributed by atoms with Gasteiger partial charge < -0.3 is 11.1 Å². The third-order valence-electron chi connectivity index (χ3n) is 4.22. The van der Waals surface area contributed by atoms with Gasteiger partial charge in [0.2, 0.25) is 0 Å². The Labute approximate surface area is 124 Å². The van der Waals surface area contributed by atoms with Crippen LogP contribution in [0.3, 0.4) is 0 Å². The van der Waals surface area contributed by atoms with Crippen LogP contribution in [0.25, 0.3) is 0 Å². The lowest BCUT2D eigenvalue weighted by atomic mass is 9.93. The minimum Gasteiger partial charge on any atom is -0.370 e. The summed E-state index contributed by atoms with van der Waals surface area (Å²) in [5.41, 5.74) is 7.00. The molecule has 0 amide bonds. The molecule has 20 heavy (non-hydrogen) atoms. The molecule has 0 bridgehead atoms. The highest BCUT2D eigenvalue weighted by Gasteiger charge is 2.27. The number of likely N-dealkylation sites (tertiary alicyclic amines) is 1. The van der Waals surface area contributed by atoms with E-state index in [0.717, 1.165) is 12.1 Å². The Morgan fingerprint density at radius 1 is 1.30 bits per heavy atom. The van der Waals surface area contributed by atoms with Crippen LogP contribution in [0.2, 0.25) is 0 Å². The minimum absolute atomic E-state index is 0.540. The van der Waals surface area contributed by atoms with Gasteiger partial charge in [0.1, 0.15) is 0 Å². The van der Waals surface area contributed by atoms with Gasteiger partial charge in [0.25, 0.3) is 0 Å². The van der Waals surface area contributed by atoms with E-state index < -0.39 is 0 Å². The summed E-state index contributed by atoms with van der Waals surface area (Å²) in [6.07, 6.45) is 5.08. The molecule has 1 unspecified atom stereocenters. The topological polar surface area (TPSA) is 53.6 Å². The third kappa shape index (κ3) is 5.53. The average molecular weight is 280 g/mol. The molecule has 0 aromatic carbocycles. The van der Waals surface area contributed by atoms with Crippen molar-refractivity contribution in [3.05, 3.63) is 12.2 Å². The van der Waals surface area contributed by atoms with Gasteiger partial charge in [-0.25, -0.2) is 0 Å². The SMILES string of the molecule is C=C(C)CNC(N)=NCC(C(CC)CC)N1CCCC1. The summed E-state index contributed by atoms with van der Waals surface area (Å²) in [5, 5.41) is 3.11. The number of nitrogens with zero attached hydrogens (tertiary/aromatic N) is 2. The van der Waals surface area contributed by atoms with E-state index in [-0.39, 0.29) is 0 Å². The number of hydrogen-bond acceptors (Lipinski definition) is 2. The normalized spacial score (nSPS) is 18.5. The molecule has 0 spiro atoms. The van der Waals surface area contributed by atoms with Gasteiger partial charge in [0.05, 0.1) is 6.54 Å². The molecule has 0 saturated carbocycles. The average Bonchev–Trinajstić information content (AvgIpc) is 2.94. The third-order valence-corrected chi connectivity index (χ3v) is 4.22. The Morgan fingerprint density at radius 3 is 2.40 bits per heavy atom. The summed E-state index contributed by atoms with van der Waals surface area (Å²) < 4.78 is 0. The summed E-state index contributed by atoms with van der Waals surface area (Å²) in [7, 11) is 0. The molecule has 0 radical (unpaired) electrons. The van der Waals surface area contributed by atoms with Crippen molar-refractivity contribution >= 4 is 5.96 Å². The van der Waals surface area contributed by atoms with Crippen LogP contribution in [0.1, 0.15) is 46.5 Å². The second-order valence-electron chi connectivity index (χ2n) is 5.92. The highest BCUT2D eigenvalue weighted by Crippen LogP contribution is 2.23. The second-order valence-corrected chi connectivity index (χ2v) is 5.92. The van der Waals surface area contributed by atoms with Crippen LogP contribution in [0, 0.1) is 5.92 Å². The zero-order chi connectivity index (χ0) is 15.0. The summed E-state index contributed by atoms with van der Waals surface area (Å²) in [5.74, 6) is 1.26. The molecule has 4 nitrogen and oxygen atoms in total. The molecule has 0 aliphatic carbocycles. The first-order valence-corrected chi connectivity index (χ1v) is 8.00. The van der Waals surface area contributed by atoms with Crippen molar-refractivity contribution in [1.29, 1.82) is 0 Å². The fourth-order valence-corrected chi connectivity index (χ4v) is 2.96. The quantitative estimate of drug-likeness (QED) is 0.408. The van der Waals surface area contributed by atoms with Gasteiger partial charge in [-0.3, -0.25) is 9.89 Å². The minimum atomic E-state index is 0.540. The van der Waals surface area contributed by atoms with Crippen LogP contribution < -0.4 is 11.1 Å². The molecular weight excluding hydrogens is 248 g/mol. The molecule has 1 atom stereocenters. The maximum Gasteiger partial charge on any atom is 0.188 e. The zero-order valence-corrected chi connectivity index (χ0v) is 13.5. The molecule has 1 aliphatic heterocycles. The largest absolute Gasteiger partial charge is 0.370 e. The van der Waals surface area contributed by atoms with Gasteiger partial charge in [0.15, 0.2) is 5.96 Å². The van der Waals surface area contributed by atoms with Crippen LogP contribution in [0.5, 0.6) is 0 Å². The van der Waals surface area contributed by atoms with Crippen molar-refractivity contribution in [1.82, 2.24) is 10.2 Å². The van der Waals surface area contributed by atoms with Gasteiger partial charge in [-0.2, -0.15) is 0 Å². The lowest BCUT2D eigenvalue weighted by Gasteiger charge is -2.32. The van der Waals surface area contributed by atoms with E-state index in [0.29, 0.717) is 24.5 Å². The van der Waals surface area contributed by atoms with Gasteiger partial charge in [0, 0.05) is 12.6 Å². The molecule has 1 rings (SSSR count). The van der Waals surface area contributed by atoms with Crippen molar-refractivity contribution in [2.75, 3.05) is 26.2 Å². The Balaban J connectivity index is 2.59. The van der Waals surface area contributed by atoms with Crippen molar-refractivity contribution in [2.45, 2.75) is 52.5 Å². The van der Waals surface area contributed by atoms with Crippen molar-refractivity contribution in [3.8, 4) is 0 Å². The molecule has 1 saturated heterocycles. The Kier molecular flexibility index (Phi) is 7.67. The van der Waals surface area contributed by atoms with Gasteiger partial charge >= 0.3 is 0 Å². The summed E-state index contributed by atoms with van der Waals surface area (Å²) in [6.45, 7) is 14.4. The number of hydrogen-bond donors (Lipinski definition) is 2. The Morgan fingerprint density at radius 2 is 1.90 bits per heavy atom. The van der Waals surface area contributed by atoms with E-state index in [4.69, 9.17) is 5.73 Å². The standard InChI is InChI=1S/C16H32N4/c1-5-14(6-2)15(20-9-7-8-10-20)12-19-16(17)18-11-13(3)4/h14-15H,3,5-12H2,1-2,4H3,(H3,17,18,19). The first-order valence-electron chi connectivity index (χ1n) is 8.00. The molecule has 4 heteroatoms. The highest BCUT2D eigenvalue weighted by atomic mass is 15.2. The van der Waals surface area contributed by atoms with Crippen LogP contribution >= 0.6 is 0 Å². The van der Waals surface area contributed by atoms with Crippen molar-refractivity contribution < 1.29 is 0 Å². The Bertz CT molecular complexity index is 312. The molecule has 1 heterocycles. The maximum atomic E-state index is 5.93. The summed E-state index contributed by atoms with van der Waals surface area (Å²) in [4.78, 5) is 7.16. The monoisotopic (exact) mass is 280 g/mol. The van der Waals surface area contributed by atoms with E-state index >= 15 is 0 Å². The van der Waals surface area contributed by atoms with E-state index in [1.807, 2.05) is 6.92 Å². The van der Waals surface area contributed by atoms with Crippen LogP contribution in [-0.4, -0.2) is 43.1 Å². The fraction of sp³-hybridized carbons (Fsp3) is 0.812. The van der Waals surface area contributed by atoms with Crippen LogP contribution in [-0.2, 0) is 0 Å².